The quantitative estimate of drug-likeness (QED) is 0.281. The second-order valence-electron chi connectivity index (χ2n) is 7.79. The predicted octanol–water partition coefficient (Wildman–Crippen LogP) is 4.07. The van der Waals surface area contributed by atoms with E-state index in [9.17, 15) is 0 Å². The zero-order valence-corrected chi connectivity index (χ0v) is 20.0. The Bertz CT molecular complexity index is 595. The van der Waals surface area contributed by atoms with Gasteiger partial charge in [-0.15, -0.1) is 24.0 Å². The van der Waals surface area contributed by atoms with Gasteiger partial charge in [0.2, 0.25) is 5.89 Å². The predicted molar refractivity (Wildman–Crippen MR) is 123 cm³/mol. The Morgan fingerprint density at radius 1 is 1.33 bits per heavy atom. The Labute approximate surface area is 184 Å². The van der Waals surface area contributed by atoms with Gasteiger partial charge < -0.3 is 14.7 Å². The van der Waals surface area contributed by atoms with Gasteiger partial charge in [-0.1, -0.05) is 38.3 Å². The molecule has 0 bridgehead atoms. The van der Waals surface area contributed by atoms with Gasteiger partial charge in [0, 0.05) is 49.5 Å². The molecule has 1 aromatic rings. The van der Waals surface area contributed by atoms with Crippen LogP contribution in [0.2, 0.25) is 0 Å². The van der Waals surface area contributed by atoms with E-state index in [0.29, 0.717) is 10.7 Å². The Kier molecular flexibility index (Phi) is 9.18. The van der Waals surface area contributed by atoms with E-state index in [2.05, 4.69) is 51.0 Å². The number of hydrogen-bond donors (Lipinski definition) is 1. The molecule has 1 spiro atoms. The molecular formula is C19H34IN5OS. The number of nitrogens with one attached hydrogen (secondary N) is 1. The highest BCUT2D eigenvalue weighted by Crippen LogP contribution is 2.42. The number of aliphatic imine (C=N–C) groups is 1. The third-order valence-corrected chi connectivity index (χ3v) is 6.91. The van der Waals surface area contributed by atoms with Crippen molar-refractivity contribution in [2.45, 2.75) is 69.5 Å². The lowest BCUT2D eigenvalue weighted by Crippen LogP contribution is -2.53. The summed E-state index contributed by atoms with van der Waals surface area (Å²) in [7, 11) is 1.89. The first-order chi connectivity index (χ1) is 12.6. The minimum absolute atomic E-state index is 0. The smallest absolute Gasteiger partial charge is 0.226 e. The van der Waals surface area contributed by atoms with Crippen LogP contribution in [0.4, 0.5) is 0 Å². The number of guanidine groups is 1. The lowest BCUT2D eigenvalue weighted by Gasteiger charge is -2.45. The monoisotopic (exact) mass is 507 g/mol. The highest BCUT2D eigenvalue weighted by Gasteiger charge is 2.38. The van der Waals surface area contributed by atoms with Crippen LogP contribution < -0.4 is 5.32 Å². The van der Waals surface area contributed by atoms with E-state index in [1.54, 1.807) is 0 Å². The second kappa shape index (κ2) is 10.9. The van der Waals surface area contributed by atoms with E-state index in [0.717, 1.165) is 50.2 Å². The van der Waals surface area contributed by atoms with Gasteiger partial charge in [-0.25, -0.2) is 0 Å². The Morgan fingerprint density at radius 3 is 2.78 bits per heavy atom. The first kappa shape index (κ1) is 22.8. The molecule has 0 amide bonds. The van der Waals surface area contributed by atoms with Crippen LogP contribution in [0.5, 0.6) is 0 Å². The van der Waals surface area contributed by atoms with Crippen LogP contribution in [0.25, 0.3) is 0 Å². The zero-order chi connectivity index (χ0) is 18.4. The number of rotatable bonds is 5. The normalized spacial score (nSPS) is 20.0. The molecule has 0 radical (unpaired) electrons. The molecule has 3 rings (SSSR count). The van der Waals surface area contributed by atoms with Crippen molar-refractivity contribution in [3.8, 4) is 0 Å². The first-order valence-electron chi connectivity index (χ1n) is 10.0. The summed E-state index contributed by atoms with van der Waals surface area (Å²) in [5.74, 6) is 4.10. The molecule has 1 aromatic heterocycles. The van der Waals surface area contributed by atoms with Crippen molar-refractivity contribution < 1.29 is 4.52 Å². The average Bonchev–Trinajstić information content (AvgIpc) is 3.12. The highest BCUT2D eigenvalue weighted by molar-refractivity contribution is 14.0. The molecule has 27 heavy (non-hydrogen) atoms. The summed E-state index contributed by atoms with van der Waals surface area (Å²) in [5, 5.41) is 7.56. The molecule has 1 N–H and O–H groups in total. The summed E-state index contributed by atoms with van der Waals surface area (Å²) >= 11 is 2.20. The SMILES string of the molecule is CN=C(NCCCc1nc(C(C)C)no1)N1CCSC2(CCCCC2)C1.I. The molecule has 154 valence electrons. The number of halogens is 1. The van der Waals surface area contributed by atoms with Gasteiger partial charge in [-0.3, -0.25) is 4.99 Å². The van der Waals surface area contributed by atoms with Crippen LogP contribution in [0, 0.1) is 0 Å². The van der Waals surface area contributed by atoms with Gasteiger partial charge in [-0.05, 0) is 19.3 Å². The minimum atomic E-state index is 0. The van der Waals surface area contributed by atoms with E-state index in [1.165, 1.54) is 37.9 Å². The van der Waals surface area contributed by atoms with Crippen molar-refractivity contribution in [1.82, 2.24) is 20.4 Å². The molecule has 2 aliphatic rings. The maximum atomic E-state index is 5.32. The molecule has 1 aliphatic heterocycles. The third kappa shape index (κ3) is 6.24. The number of aromatic nitrogens is 2. The lowest BCUT2D eigenvalue weighted by molar-refractivity contribution is 0.293. The Morgan fingerprint density at radius 2 is 2.11 bits per heavy atom. The van der Waals surface area contributed by atoms with Gasteiger partial charge in [-0.2, -0.15) is 16.7 Å². The fourth-order valence-electron chi connectivity index (χ4n) is 3.90. The standard InChI is InChI=1S/C19H33N5OS.HI/c1-15(2)17-22-16(25-23-17)8-7-11-21-18(20-3)24-12-13-26-19(14-24)9-5-4-6-10-19;/h15H,4-14H2,1-3H3,(H,20,21);1H. The number of aryl methyl sites for hydroxylation is 1. The number of nitrogens with zero attached hydrogens (tertiary/aromatic N) is 4. The fourth-order valence-corrected chi connectivity index (χ4v) is 5.47. The van der Waals surface area contributed by atoms with Crippen LogP contribution in [-0.4, -0.2) is 58.2 Å². The first-order valence-corrected chi connectivity index (χ1v) is 11.0. The van der Waals surface area contributed by atoms with Crippen LogP contribution in [0.1, 0.15) is 70.0 Å². The third-order valence-electron chi connectivity index (χ3n) is 5.38. The summed E-state index contributed by atoms with van der Waals surface area (Å²) < 4.78 is 5.78. The van der Waals surface area contributed by atoms with Crippen LogP contribution >= 0.6 is 35.7 Å². The molecule has 1 saturated carbocycles. The second-order valence-corrected chi connectivity index (χ2v) is 9.36. The minimum Gasteiger partial charge on any atom is -0.356 e. The maximum Gasteiger partial charge on any atom is 0.226 e. The van der Waals surface area contributed by atoms with Gasteiger partial charge in [0.05, 0.1) is 0 Å². The molecule has 2 heterocycles. The fraction of sp³-hybridized carbons (Fsp3) is 0.842. The Hall–Kier alpha value is -0.510. The van der Waals surface area contributed by atoms with Crippen molar-refractivity contribution in [3.63, 3.8) is 0 Å². The van der Waals surface area contributed by atoms with Gasteiger partial charge in [0.15, 0.2) is 11.8 Å². The molecular weight excluding hydrogens is 473 g/mol. The van der Waals surface area contributed by atoms with Crippen LogP contribution in [0.15, 0.2) is 9.52 Å². The molecule has 6 nitrogen and oxygen atoms in total. The molecule has 2 fully saturated rings. The summed E-state index contributed by atoms with van der Waals surface area (Å²) in [6.45, 7) is 7.27. The van der Waals surface area contributed by atoms with Crippen molar-refractivity contribution in [1.29, 1.82) is 0 Å². The van der Waals surface area contributed by atoms with E-state index in [4.69, 9.17) is 4.52 Å². The number of hydrogen-bond acceptors (Lipinski definition) is 5. The summed E-state index contributed by atoms with van der Waals surface area (Å²) in [5.41, 5.74) is 0. The zero-order valence-electron chi connectivity index (χ0n) is 16.9. The van der Waals surface area contributed by atoms with Gasteiger partial charge >= 0.3 is 0 Å². The molecule has 1 saturated heterocycles. The Balaban J connectivity index is 0.00000261. The highest BCUT2D eigenvalue weighted by atomic mass is 127. The topological polar surface area (TPSA) is 66.5 Å². The number of thioether (sulfide) groups is 1. The molecule has 0 aromatic carbocycles. The molecule has 0 atom stereocenters. The largest absolute Gasteiger partial charge is 0.356 e. The molecule has 1 aliphatic carbocycles. The van der Waals surface area contributed by atoms with Crippen molar-refractivity contribution in [2.75, 3.05) is 32.4 Å². The molecule has 0 unspecified atom stereocenters. The van der Waals surface area contributed by atoms with Gasteiger partial charge in [0.25, 0.3) is 0 Å². The van der Waals surface area contributed by atoms with E-state index < -0.39 is 0 Å². The van der Waals surface area contributed by atoms with E-state index in [1.807, 2.05) is 7.05 Å². The van der Waals surface area contributed by atoms with Crippen molar-refractivity contribution in [2.24, 2.45) is 4.99 Å². The van der Waals surface area contributed by atoms with Crippen molar-refractivity contribution in [3.05, 3.63) is 11.7 Å². The van der Waals surface area contributed by atoms with Crippen molar-refractivity contribution >= 4 is 41.7 Å². The van der Waals surface area contributed by atoms with E-state index >= 15 is 0 Å². The summed E-state index contributed by atoms with van der Waals surface area (Å²) in [6.07, 6.45) is 8.67. The lowest BCUT2D eigenvalue weighted by atomic mass is 9.87. The summed E-state index contributed by atoms with van der Waals surface area (Å²) in [4.78, 5) is 11.4. The van der Waals surface area contributed by atoms with E-state index in [-0.39, 0.29) is 24.0 Å². The average molecular weight is 507 g/mol. The van der Waals surface area contributed by atoms with Crippen LogP contribution in [0.3, 0.4) is 0 Å². The molecule has 8 heteroatoms. The maximum absolute atomic E-state index is 5.32. The van der Waals surface area contributed by atoms with Gasteiger partial charge in [0.1, 0.15) is 0 Å². The van der Waals surface area contributed by atoms with Crippen LogP contribution in [-0.2, 0) is 6.42 Å². The summed E-state index contributed by atoms with van der Waals surface area (Å²) in [6, 6.07) is 0.